The quantitative estimate of drug-likeness (QED) is 0.161. The summed E-state index contributed by atoms with van der Waals surface area (Å²) >= 11 is 0. The topological polar surface area (TPSA) is 0 Å². The van der Waals surface area contributed by atoms with Crippen molar-refractivity contribution in [3.63, 3.8) is 0 Å². The van der Waals surface area contributed by atoms with Crippen molar-refractivity contribution >= 4 is 37.1 Å². The molecule has 190 valence electrons. The first-order valence-electron chi connectivity index (χ1n) is 13.5. The molecule has 0 saturated carbocycles. The Morgan fingerprint density at radius 1 is 0.395 bits per heavy atom. The second kappa shape index (κ2) is 13.2. The molecule has 2 heteroatoms. The van der Waals surface area contributed by atoms with E-state index in [9.17, 15) is 0 Å². The van der Waals surface area contributed by atoms with E-state index in [2.05, 4.69) is 166 Å². The minimum absolute atomic E-state index is 0.502. The maximum Gasteiger partial charge on any atom is -0.0120 e. The lowest BCUT2D eigenvalue weighted by Crippen LogP contribution is -2.36. The fourth-order valence-corrected chi connectivity index (χ4v) is 11.7. The molecule has 0 aromatic heterocycles. The molecule has 0 nitrogen and oxygen atoms in total. The van der Waals surface area contributed by atoms with Crippen LogP contribution >= 0.6 is 15.8 Å². The third-order valence-corrected chi connectivity index (χ3v) is 13.3. The highest BCUT2D eigenvalue weighted by Gasteiger charge is 2.36. The van der Waals surface area contributed by atoms with Gasteiger partial charge in [-0.1, -0.05) is 166 Å². The molecule has 0 radical (unpaired) electrons. The predicted octanol–water partition coefficient (Wildman–Crippen LogP) is 7.89. The van der Waals surface area contributed by atoms with E-state index in [1.807, 2.05) is 0 Å². The van der Waals surface area contributed by atoms with Crippen LogP contribution in [-0.2, 0) is 6.42 Å². The van der Waals surface area contributed by atoms with Crippen molar-refractivity contribution in [2.45, 2.75) is 31.6 Å². The fraction of sp³-hybridized carbons (Fsp3) is 0.167. The highest BCUT2D eigenvalue weighted by molar-refractivity contribution is 7.74. The molecule has 0 fully saturated rings. The Kier molecular flexibility index (Phi) is 9.19. The summed E-state index contributed by atoms with van der Waals surface area (Å²) in [7, 11) is -1.06. The third-order valence-electron chi connectivity index (χ3n) is 7.51. The third kappa shape index (κ3) is 6.32. The number of benzene rings is 5. The van der Waals surface area contributed by atoms with E-state index in [4.69, 9.17) is 0 Å². The van der Waals surface area contributed by atoms with Crippen LogP contribution in [0, 0.1) is 5.92 Å². The van der Waals surface area contributed by atoms with Crippen molar-refractivity contribution in [2.75, 3.05) is 0 Å². The summed E-state index contributed by atoms with van der Waals surface area (Å²) in [6.07, 6.45) is 1.08. The summed E-state index contributed by atoms with van der Waals surface area (Å²) in [5, 5.41) is 5.87. The van der Waals surface area contributed by atoms with Gasteiger partial charge in [0.2, 0.25) is 0 Å². The maximum absolute atomic E-state index is 2.53. The highest BCUT2D eigenvalue weighted by atomic mass is 31.1. The van der Waals surface area contributed by atoms with Gasteiger partial charge in [-0.15, -0.1) is 0 Å². The van der Waals surface area contributed by atoms with Crippen molar-refractivity contribution in [3.05, 3.63) is 157 Å². The maximum atomic E-state index is 2.53. The fourth-order valence-electron chi connectivity index (χ4n) is 5.61. The van der Waals surface area contributed by atoms with Gasteiger partial charge in [0.25, 0.3) is 0 Å². The molecule has 38 heavy (non-hydrogen) atoms. The van der Waals surface area contributed by atoms with E-state index in [0.717, 1.165) is 6.42 Å². The van der Waals surface area contributed by atoms with E-state index in [1.165, 1.54) is 26.8 Å². The monoisotopic (exact) mass is 530 g/mol. The zero-order valence-corrected chi connectivity index (χ0v) is 24.1. The Balaban J connectivity index is 1.61. The minimum Gasteiger partial charge on any atom is -0.0622 e. The van der Waals surface area contributed by atoms with Gasteiger partial charge in [-0.2, -0.15) is 0 Å². The second-order valence-electron chi connectivity index (χ2n) is 9.92. The lowest BCUT2D eigenvalue weighted by atomic mass is 9.93. The van der Waals surface area contributed by atoms with Gasteiger partial charge in [0, 0.05) is 0 Å². The molecule has 0 aliphatic carbocycles. The molecular formula is C36H36P2. The van der Waals surface area contributed by atoms with Crippen LogP contribution in [0.4, 0.5) is 0 Å². The molecule has 0 spiro atoms. The van der Waals surface area contributed by atoms with Gasteiger partial charge in [-0.25, -0.2) is 0 Å². The lowest BCUT2D eigenvalue weighted by molar-refractivity contribution is 0.509. The largest absolute Gasteiger partial charge is 0.0622 e. The van der Waals surface area contributed by atoms with Crippen LogP contribution in [0.3, 0.4) is 0 Å². The zero-order valence-electron chi connectivity index (χ0n) is 22.3. The molecule has 5 aromatic rings. The van der Waals surface area contributed by atoms with Crippen LogP contribution in [-0.4, -0.2) is 11.3 Å². The van der Waals surface area contributed by atoms with Gasteiger partial charge >= 0.3 is 0 Å². The van der Waals surface area contributed by atoms with Gasteiger partial charge in [-0.3, -0.25) is 0 Å². The summed E-state index contributed by atoms with van der Waals surface area (Å²) in [6, 6.07) is 56.1. The molecule has 0 bridgehead atoms. The minimum atomic E-state index is -0.532. The Morgan fingerprint density at radius 3 is 0.947 bits per heavy atom. The Hall–Kier alpha value is -3.04. The van der Waals surface area contributed by atoms with Crippen LogP contribution < -0.4 is 21.2 Å². The molecule has 0 aliphatic rings. The first-order chi connectivity index (χ1) is 18.7. The molecule has 2 atom stereocenters. The molecular weight excluding hydrogens is 494 g/mol. The summed E-state index contributed by atoms with van der Waals surface area (Å²) in [4.78, 5) is 0. The number of hydrogen-bond donors (Lipinski definition) is 0. The lowest BCUT2D eigenvalue weighted by Gasteiger charge is -2.39. The molecule has 5 rings (SSSR count). The number of hydrogen-bond acceptors (Lipinski definition) is 0. The standard InChI is InChI=1S/C36H36P2/c1-29(37(32-20-10-4-11-21-32)33-22-12-5-13-23-33)36(28-31-18-8-3-9-19-31)30(2)38(34-24-14-6-15-25-34)35-26-16-7-17-27-35/h3-27,29-30,36H,28H2,1-2H3. The SMILES string of the molecule is CC(C(Cc1ccccc1)C(C)P(c1ccccc1)c1ccccc1)P(c1ccccc1)c1ccccc1. The van der Waals surface area contributed by atoms with Gasteiger partial charge < -0.3 is 0 Å². The van der Waals surface area contributed by atoms with Crippen LogP contribution in [0.2, 0.25) is 0 Å². The molecule has 5 aromatic carbocycles. The average Bonchev–Trinajstić information content (AvgIpc) is 2.99. The van der Waals surface area contributed by atoms with Crippen LogP contribution in [0.25, 0.3) is 0 Å². The van der Waals surface area contributed by atoms with Crippen LogP contribution in [0.15, 0.2) is 152 Å². The van der Waals surface area contributed by atoms with Crippen molar-refractivity contribution < 1.29 is 0 Å². The van der Waals surface area contributed by atoms with Gasteiger partial charge in [-0.05, 0) is 66.3 Å². The molecule has 0 saturated heterocycles. The van der Waals surface area contributed by atoms with Gasteiger partial charge in [0.05, 0.1) is 0 Å². The number of rotatable bonds is 10. The van der Waals surface area contributed by atoms with Crippen LogP contribution in [0.5, 0.6) is 0 Å². The second-order valence-corrected chi connectivity index (χ2v) is 15.1. The van der Waals surface area contributed by atoms with Crippen molar-refractivity contribution in [2.24, 2.45) is 5.92 Å². The Morgan fingerprint density at radius 2 is 0.658 bits per heavy atom. The van der Waals surface area contributed by atoms with Gasteiger partial charge in [0.15, 0.2) is 0 Å². The van der Waals surface area contributed by atoms with Crippen LogP contribution in [0.1, 0.15) is 19.4 Å². The molecule has 0 aliphatic heterocycles. The van der Waals surface area contributed by atoms with E-state index in [0.29, 0.717) is 17.2 Å². The molecule has 2 unspecified atom stereocenters. The first-order valence-corrected chi connectivity index (χ1v) is 16.4. The Bertz CT molecular complexity index is 1190. The summed E-state index contributed by atoms with van der Waals surface area (Å²) in [5.74, 6) is 0.510. The van der Waals surface area contributed by atoms with Crippen molar-refractivity contribution in [1.82, 2.24) is 0 Å². The van der Waals surface area contributed by atoms with Crippen molar-refractivity contribution in [1.29, 1.82) is 0 Å². The summed E-state index contributed by atoms with van der Waals surface area (Å²) < 4.78 is 0. The molecule has 0 N–H and O–H groups in total. The van der Waals surface area contributed by atoms with E-state index in [1.54, 1.807) is 0 Å². The van der Waals surface area contributed by atoms with Gasteiger partial charge in [0.1, 0.15) is 0 Å². The average molecular weight is 531 g/mol. The molecule has 0 amide bonds. The molecule has 0 heterocycles. The first kappa shape index (κ1) is 26.6. The smallest absolute Gasteiger partial charge is 0.0120 e. The van der Waals surface area contributed by atoms with E-state index in [-0.39, 0.29) is 0 Å². The van der Waals surface area contributed by atoms with E-state index < -0.39 is 15.8 Å². The Labute approximate surface area is 231 Å². The zero-order chi connectivity index (χ0) is 26.2. The van der Waals surface area contributed by atoms with E-state index >= 15 is 0 Å². The highest BCUT2D eigenvalue weighted by Crippen LogP contribution is 2.51. The summed E-state index contributed by atoms with van der Waals surface area (Å²) in [6.45, 7) is 5.05. The van der Waals surface area contributed by atoms with Crippen molar-refractivity contribution in [3.8, 4) is 0 Å². The normalized spacial score (nSPS) is 13.8. The summed E-state index contributed by atoms with van der Waals surface area (Å²) in [5.41, 5.74) is 2.44. The predicted molar refractivity (Wildman–Crippen MR) is 171 cm³/mol.